The molecular formula is C114H72N12. The highest BCUT2D eigenvalue weighted by molar-refractivity contribution is 6.26. The molecule has 12 nitrogen and oxygen atoms in total. The van der Waals surface area contributed by atoms with Gasteiger partial charge in [-0.15, -0.1) is 0 Å². The molecule has 0 saturated carbocycles. The standard InChI is InChI=1S/C63H39N7.C51H33N5/c1-4-18-40(19-5-1)41-32-34-42(35-33-41)61-64-62(69-55-30-16-12-26-47(55)51-38-36-49-45-24-10-14-28-53(45)67(57(49)59(51)69)43-20-6-2-7-21-43)66-63(65-61)70-56-31-17-13-27-48(56)52-39-37-50-46-25-11-15-29-54(46)68(58(50)60(52)70)44-22-8-3-9-23-44;1-4-14-34(15-5-1)49-52-50(35-16-6-2-7-17-35)54-51(53-49)36-24-28-40(29-25-36)56-46-23-13-11-21-42(46)44-33-38(27-31-48(44)56)37-26-30-47-43(32-37)41-20-10-12-22-45(41)55(47)39-18-8-3-9-19-39/h1-39H;1-33H. The Bertz CT molecular complexity index is 8490. The van der Waals surface area contributed by atoms with Crippen LogP contribution in [0.25, 0.3) is 233 Å². The number of rotatable bonds is 12. The fourth-order valence-electron chi connectivity index (χ4n) is 19.4. The van der Waals surface area contributed by atoms with Crippen LogP contribution < -0.4 is 0 Å². The van der Waals surface area contributed by atoms with E-state index < -0.39 is 0 Å². The van der Waals surface area contributed by atoms with Crippen molar-refractivity contribution in [3.63, 3.8) is 0 Å². The first kappa shape index (κ1) is 71.7. The summed E-state index contributed by atoms with van der Waals surface area (Å²) in [5.41, 5.74) is 26.0. The van der Waals surface area contributed by atoms with E-state index in [1.165, 1.54) is 54.5 Å². The van der Waals surface area contributed by atoms with Gasteiger partial charge in [0.05, 0.1) is 66.2 Å². The number of aromatic nitrogens is 12. The lowest BCUT2D eigenvalue weighted by Crippen LogP contribution is -2.11. The van der Waals surface area contributed by atoms with Crippen molar-refractivity contribution in [3.05, 3.63) is 437 Å². The summed E-state index contributed by atoms with van der Waals surface area (Å²) in [5, 5.41) is 14.1. The van der Waals surface area contributed by atoms with E-state index in [0.29, 0.717) is 35.2 Å². The molecule has 0 N–H and O–H groups in total. The topological polar surface area (TPSA) is 107 Å². The molecule has 0 fully saturated rings. The third kappa shape index (κ3) is 11.6. The molecule has 8 aromatic heterocycles. The van der Waals surface area contributed by atoms with Crippen molar-refractivity contribution >= 4 is 131 Å². The maximum Gasteiger partial charge on any atom is 0.240 e. The van der Waals surface area contributed by atoms with Crippen LogP contribution in [0.1, 0.15) is 0 Å². The summed E-state index contributed by atoms with van der Waals surface area (Å²) >= 11 is 0. The highest BCUT2D eigenvalue weighted by Gasteiger charge is 2.28. The summed E-state index contributed by atoms with van der Waals surface area (Å²) in [6.07, 6.45) is 0. The predicted molar refractivity (Wildman–Crippen MR) is 518 cm³/mol. The summed E-state index contributed by atoms with van der Waals surface area (Å²) in [5.74, 6) is 3.56. The van der Waals surface area contributed by atoms with Gasteiger partial charge in [0.2, 0.25) is 11.9 Å². The predicted octanol–water partition coefficient (Wildman–Crippen LogP) is 28.3. The summed E-state index contributed by atoms with van der Waals surface area (Å²) in [6.45, 7) is 0. The quantitative estimate of drug-likeness (QED) is 0.121. The molecule has 0 atom stereocenters. The average molecular weight is 1610 g/mol. The van der Waals surface area contributed by atoms with E-state index in [1.807, 2.05) is 60.7 Å². The molecule has 26 rings (SSSR count). The van der Waals surface area contributed by atoms with Crippen LogP contribution in [-0.2, 0) is 0 Å². The van der Waals surface area contributed by atoms with Gasteiger partial charge in [-0.2, -0.15) is 15.0 Å². The van der Waals surface area contributed by atoms with Gasteiger partial charge in [0.15, 0.2) is 23.3 Å². The largest absolute Gasteiger partial charge is 0.309 e. The van der Waals surface area contributed by atoms with Crippen LogP contribution in [0.3, 0.4) is 0 Å². The maximum atomic E-state index is 5.72. The molecule has 0 radical (unpaired) electrons. The third-order valence-electron chi connectivity index (χ3n) is 25.0. The van der Waals surface area contributed by atoms with E-state index in [1.54, 1.807) is 0 Å². The van der Waals surface area contributed by atoms with E-state index in [4.69, 9.17) is 29.9 Å². The normalized spacial score (nSPS) is 11.8. The Kier molecular flexibility index (Phi) is 16.7. The molecule has 12 heteroatoms. The van der Waals surface area contributed by atoms with Crippen molar-refractivity contribution in [2.75, 3.05) is 0 Å². The van der Waals surface area contributed by atoms with Gasteiger partial charge >= 0.3 is 0 Å². The van der Waals surface area contributed by atoms with E-state index in [0.717, 1.165) is 144 Å². The van der Waals surface area contributed by atoms with Crippen molar-refractivity contribution in [3.8, 4) is 102 Å². The fourth-order valence-corrected chi connectivity index (χ4v) is 19.4. The van der Waals surface area contributed by atoms with Crippen LogP contribution in [-0.4, -0.2) is 57.3 Å². The molecule has 588 valence electrons. The maximum absolute atomic E-state index is 5.72. The summed E-state index contributed by atoms with van der Waals surface area (Å²) in [6, 6.07) is 155. The van der Waals surface area contributed by atoms with E-state index >= 15 is 0 Å². The Labute approximate surface area is 722 Å². The molecule has 26 aromatic rings. The van der Waals surface area contributed by atoms with Crippen LogP contribution in [0.5, 0.6) is 0 Å². The van der Waals surface area contributed by atoms with Crippen molar-refractivity contribution < 1.29 is 0 Å². The van der Waals surface area contributed by atoms with Crippen LogP contribution >= 0.6 is 0 Å². The molecule has 0 saturated heterocycles. The Balaban J connectivity index is 0.000000141. The molecule has 0 amide bonds. The molecule has 0 unspecified atom stereocenters. The summed E-state index contributed by atoms with van der Waals surface area (Å²) < 4.78 is 14.1. The van der Waals surface area contributed by atoms with Gasteiger partial charge < -0.3 is 18.3 Å². The number of hydrogen-bond donors (Lipinski definition) is 0. The first-order valence-electron chi connectivity index (χ1n) is 42.6. The lowest BCUT2D eigenvalue weighted by Gasteiger charge is -2.15. The van der Waals surface area contributed by atoms with Crippen molar-refractivity contribution in [2.24, 2.45) is 0 Å². The lowest BCUT2D eigenvalue weighted by atomic mass is 10.0. The van der Waals surface area contributed by atoms with E-state index in [9.17, 15) is 0 Å². The monoisotopic (exact) mass is 1610 g/mol. The number of hydrogen-bond acceptors (Lipinski definition) is 6. The van der Waals surface area contributed by atoms with Crippen LogP contribution in [0.4, 0.5) is 0 Å². The van der Waals surface area contributed by atoms with E-state index in [-0.39, 0.29) is 0 Å². The molecule has 0 aliphatic carbocycles. The van der Waals surface area contributed by atoms with Gasteiger partial charge in [-0.25, -0.2) is 15.0 Å². The van der Waals surface area contributed by atoms with Crippen LogP contribution in [0, 0.1) is 0 Å². The van der Waals surface area contributed by atoms with E-state index in [2.05, 4.69) is 404 Å². The van der Waals surface area contributed by atoms with Gasteiger partial charge in [0, 0.05) is 110 Å². The van der Waals surface area contributed by atoms with Crippen molar-refractivity contribution in [1.82, 2.24) is 57.3 Å². The highest BCUT2D eigenvalue weighted by Crippen LogP contribution is 2.46. The van der Waals surface area contributed by atoms with Gasteiger partial charge in [-0.05, 0) is 144 Å². The Morgan fingerprint density at radius 2 is 0.349 bits per heavy atom. The van der Waals surface area contributed by atoms with Crippen LogP contribution in [0.2, 0.25) is 0 Å². The Morgan fingerprint density at radius 3 is 0.706 bits per heavy atom. The second-order valence-corrected chi connectivity index (χ2v) is 32.1. The molecular weight excluding hydrogens is 1540 g/mol. The van der Waals surface area contributed by atoms with Gasteiger partial charge in [-0.3, -0.25) is 9.13 Å². The fraction of sp³-hybridized carbons (Fsp3) is 0. The first-order chi connectivity index (χ1) is 62.5. The van der Waals surface area contributed by atoms with Crippen molar-refractivity contribution in [1.29, 1.82) is 0 Å². The number of benzene rings is 18. The zero-order valence-corrected chi connectivity index (χ0v) is 67.9. The second-order valence-electron chi connectivity index (χ2n) is 32.1. The van der Waals surface area contributed by atoms with Gasteiger partial charge in [0.1, 0.15) is 0 Å². The Morgan fingerprint density at radius 1 is 0.127 bits per heavy atom. The molecule has 0 aliphatic rings. The SMILES string of the molecule is c1ccc(-c2ccc(-c3nc(-n4c5ccccc5c5ccc6c7ccccc7n(-c7ccccc7)c6c54)nc(-n4c5ccccc5c5ccc6c7ccccc7n(-c7ccccc7)c6c54)n3)cc2)cc1.c1ccc(-c2nc(-c3ccccc3)nc(-c3ccc(-n4c5ccccc5c5cc(-c6ccc7c(c6)c6ccccc6n7-c6ccccc6)ccc54)cc3)n2)cc1. The van der Waals surface area contributed by atoms with Crippen molar-refractivity contribution in [2.45, 2.75) is 0 Å². The minimum Gasteiger partial charge on any atom is -0.309 e. The molecule has 8 heterocycles. The summed E-state index contributed by atoms with van der Waals surface area (Å²) in [4.78, 5) is 31.6. The molecule has 18 aromatic carbocycles. The summed E-state index contributed by atoms with van der Waals surface area (Å²) in [7, 11) is 0. The molecule has 0 bridgehead atoms. The highest BCUT2D eigenvalue weighted by atomic mass is 15.3. The van der Waals surface area contributed by atoms with Gasteiger partial charge in [0.25, 0.3) is 0 Å². The van der Waals surface area contributed by atoms with Crippen LogP contribution in [0.15, 0.2) is 437 Å². The number of nitrogens with zero attached hydrogens (tertiary/aromatic N) is 12. The Hall–Kier alpha value is -17.2. The molecule has 126 heavy (non-hydrogen) atoms. The first-order valence-corrected chi connectivity index (χ1v) is 42.6. The molecule has 0 aliphatic heterocycles. The van der Waals surface area contributed by atoms with Gasteiger partial charge in [-0.1, -0.05) is 315 Å². The average Bonchev–Trinajstić information content (AvgIpc) is 1.54. The number of para-hydroxylation sites is 9. The number of fused-ring (bicyclic) bond motifs is 20. The lowest BCUT2D eigenvalue weighted by molar-refractivity contribution is 0.893. The third-order valence-corrected chi connectivity index (χ3v) is 25.0. The second kappa shape index (κ2) is 29.3. The smallest absolute Gasteiger partial charge is 0.240 e. The molecule has 0 spiro atoms. The minimum absolute atomic E-state index is 0.525. The minimum atomic E-state index is 0.525. The zero-order chi connectivity index (χ0) is 82.9. The zero-order valence-electron chi connectivity index (χ0n) is 67.9.